The topological polar surface area (TPSA) is 93.1 Å². The number of para-hydroxylation sites is 1. The third kappa shape index (κ3) is 5.01. The van der Waals surface area contributed by atoms with E-state index in [9.17, 15) is 17.6 Å². The van der Waals surface area contributed by atoms with E-state index in [-0.39, 0.29) is 16.1 Å². The quantitative estimate of drug-likeness (QED) is 0.443. The average Bonchev–Trinajstić information content (AvgIpc) is 3.30. The predicted molar refractivity (Wildman–Crippen MR) is 119 cm³/mol. The van der Waals surface area contributed by atoms with Gasteiger partial charge in [0.1, 0.15) is 5.82 Å². The molecule has 0 saturated heterocycles. The van der Waals surface area contributed by atoms with Gasteiger partial charge in [-0.25, -0.2) is 12.8 Å². The second-order valence-corrected chi connectivity index (χ2v) is 8.65. The van der Waals surface area contributed by atoms with E-state index in [1.54, 1.807) is 23.0 Å². The number of halogens is 1. The number of benzene rings is 3. The highest BCUT2D eigenvalue weighted by molar-refractivity contribution is 7.92. The molecule has 0 aliphatic heterocycles. The number of carbonyl (C=O) groups excluding carboxylic acids is 1. The fourth-order valence-corrected chi connectivity index (χ4v) is 4.14. The third-order valence-electron chi connectivity index (χ3n) is 4.64. The Bertz CT molecular complexity index is 1340. The molecule has 2 N–H and O–H groups in total. The number of rotatable bonds is 7. The number of anilines is 2. The largest absolute Gasteiger partial charge is 0.322 e. The van der Waals surface area contributed by atoms with Crippen molar-refractivity contribution in [1.29, 1.82) is 0 Å². The number of amides is 1. The van der Waals surface area contributed by atoms with Crippen LogP contribution >= 0.6 is 0 Å². The number of sulfonamides is 1. The summed E-state index contributed by atoms with van der Waals surface area (Å²) in [5, 5.41) is 6.90. The van der Waals surface area contributed by atoms with E-state index in [0.717, 1.165) is 11.6 Å². The van der Waals surface area contributed by atoms with Crippen LogP contribution in [0.25, 0.3) is 0 Å². The van der Waals surface area contributed by atoms with Crippen molar-refractivity contribution in [2.24, 2.45) is 0 Å². The van der Waals surface area contributed by atoms with Gasteiger partial charge < -0.3 is 5.32 Å². The Morgan fingerprint density at radius 1 is 0.969 bits per heavy atom. The van der Waals surface area contributed by atoms with Crippen LogP contribution in [-0.2, 0) is 16.6 Å². The van der Waals surface area contributed by atoms with Crippen molar-refractivity contribution >= 4 is 27.3 Å². The van der Waals surface area contributed by atoms with Gasteiger partial charge in [0.25, 0.3) is 15.9 Å². The number of aromatic nitrogens is 2. The second-order valence-electron chi connectivity index (χ2n) is 6.97. The molecule has 0 unspecified atom stereocenters. The fourth-order valence-electron chi connectivity index (χ4n) is 3.03. The van der Waals surface area contributed by atoms with Gasteiger partial charge in [0.2, 0.25) is 0 Å². The van der Waals surface area contributed by atoms with Crippen molar-refractivity contribution in [2.75, 3.05) is 10.0 Å². The van der Waals surface area contributed by atoms with Gasteiger partial charge in [-0.2, -0.15) is 5.10 Å². The van der Waals surface area contributed by atoms with Crippen molar-refractivity contribution in [3.63, 3.8) is 0 Å². The van der Waals surface area contributed by atoms with E-state index in [4.69, 9.17) is 0 Å². The van der Waals surface area contributed by atoms with Crippen LogP contribution in [-0.4, -0.2) is 24.1 Å². The van der Waals surface area contributed by atoms with Gasteiger partial charge in [0, 0.05) is 23.6 Å². The van der Waals surface area contributed by atoms with Crippen molar-refractivity contribution in [3.8, 4) is 0 Å². The molecule has 0 spiro atoms. The molecular weight excluding hydrogens is 431 g/mol. The molecule has 32 heavy (non-hydrogen) atoms. The highest BCUT2D eigenvalue weighted by Crippen LogP contribution is 2.20. The maximum atomic E-state index is 13.8. The molecule has 0 saturated carbocycles. The van der Waals surface area contributed by atoms with Crippen LogP contribution < -0.4 is 10.0 Å². The number of hydrogen-bond acceptors (Lipinski definition) is 4. The Morgan fingerprint density at radius 2 is 1.75 bits per heavy atom. The summed E-state index contributed by atoms with van der Waals surface area (Å²) < 4.78 is 43.1. The Hall–Kier alpha value is -3.98. The van der Waals surface area contributed by atoms with Crippen molar-refractivity contribution in [2.45, 2.75) is 11.4 Å². The van der Waals surface area contributed by atoms with Crippen LogP contribution in [0.1, 0.15) is 15.9 Å². The van der Waals surface area contributed by atoms with Crippen LogP contribution in [0.15, 0.2) is 96.2 Å². The van der Waals surface area contributed by atoms with E-state index in [2.05, 4.69) is 15.1 Å². The highest BCUT2D eigenvalue weighted by Gasteiger charge is 2.18. The van der Waals surface area contributed by atoms with Crippen molar-refractivity contribution < 1.29 is 17.6 Å². The van der Waals surface area contributed by atoms with E-state index in [1.165, 1.54) is 42.5 Å². The van der Waals surface area contributed by atoms with Gasteiger partial charge in [0.05, 0.1) is 17.1 Å². The zero-order valence-corrected chi connectivity index (χ0v) is 17.6. The summed E-state index contributed by atoms with van der Waals surface area (Å²) in [5.41, 5.74) is 1.57. The molecule has 7 nitrogen and oxygen atoms in total. The Kier molecular flexibility index (Phi) is 6.00. The molecule has 9 heteroatoms. The first-order valence-corrected chi connectivity index (χ1v) is 11.1. The van der Waals surface area contributed by atoms with Crippen LogP contribution in [0.3, 0.4) is 0 Å². The zero-order chi connectivity index (χ0) is 22.6. The van der Waals surface area contributed by atoms with Crippen molar-refractivity contribution in [3.05, 3.63) is 108 Å². The van der Waals surface area contributed by atoms with Gasteiger partial charge in [-0.3, -0.25) is 14.2 Å². The maximum absolute atomic E-state index is 13.8. The van der Waals surface area contributed by atoms with E-state index < -0.39 is 21.7 Å². The van der Waals surface area contributed by atoms with Gasteiger partial charge in [0.15, 0.2) is 0 Å². The Labute approximate surface area is 184 Å². The summed E-state index contributed by atoms with van der Waals surface area (Å²) in [7, 11) is -4.07. The summed E-state index contributed by atoms with van der Waals surface area (Å²) in [6.07, 6.45) is 3.56. The van der Waals surface area contributed by atoms with Gasteiger partial charge >= 0.3 is 0 Å². The first-order chi connectivity index (χ1) is 15.4. The minimum Gasteiger partial charge on any atom is -0.322 e. The highest BCUT2D eigenvalue weighted by atomic mass is 32.2. The fraction of sp³-hybridized carbons (Fsp3) is 0.0435. The van der Waals surface area contributed by atoms with Gasteiger partial charge in [-0.15, -0.1) is 0 Å². The normalized spacial score (nSPS) is 11.2. The molecule has 4 rings (SSSR count). The lowest BCUT2D eigenvalue weighted by Gasteiger charge is -2.11. The number of nitrogens with one attached hydrogen (secondary N) is 2. The monoisotopic (exact) mass is 450 g/mol. The van der Waals surface area contributed by atoms with Crippen molar-refractivity contribution in [1.82, 2.24) is 9.78 Å². The summed E-state index contributed by atoms with van der Waals surface area (Å²) in [5.74, 6) is -1.16. The van der Waals surface area contributed by atoms with Crippen LogP contribution in [0, 0.1) is 5.82 Å². The lowest BCUT2D eigenvalue weighted by Crippen LogP contribution is -2.16. The second kappa shape index (κ2) is 9.03. The molecule has 3 aromatic carbocycles. The molecule has 162 valence electrons. The molecule has 0 aliphatic carbocycles. The summed E-state index contributed by atoms with van der Waals surface area (Å²) in [4.78, 5) is 12.5. The van der Waals surface area contributed by atoms with Gasteiger partial charge in [-0.1, -0.05) is 30.3 Å². The molecule has 0 radical (unpaired) electrons. The minimum absolute atomic E-state index is 0.150. The number of nitrogens with zero attached hydrogens (tertiary/aromatic N) is 2. The van der Waals surface area contributed by atoms with E-state index in [0.29, 0.717) is 12.2 Å². The average molecular weight is 450 g/mol. The molecule has 0 aliphatic rings. The molecule has 0 bridgehead atoms. The minimum atomic E-state index is -4.07. The molecule has 1 heterocycles. The molecule has 0 fully saturated rings. The lowest BCUT2D eigenvalue weighted by molar-refractivity contribution is 0.102. The Balaban J connectivity index is 1.46. The SMILES string of the molecule is O=C(Nc1ccc(Cn2cccn2)cc1)c1cccc(S(=O)(=O)Nc2ccccc2F)c1. The lowest BCUT2D eigenvalue weighted by atomic mass is 10.2. The first kappa shape index (κ1) is 21.3. The van der Waals surface area contributed by atoms with Crippen LogP contribution in [0.4, 0.5) is 15.8 Å². The van der Waals surface area contributed by atoms with Crippen LogP contribution in [0.2, 0.25) is 0 Å². The molecule has 1 aromatic heterocycles. The molecular formula is C23H19FN4O3S. The predicted octanol–water partition coefficient (Wildman–Crippen LogP) is 4.12. The number of hydrogen-bond donors (Lipinski definition) is 2. The van der Waals surface area contributed by atoms with Gasteiger partial charge in [-0.05, 0) is 54.1 Å². The first-order valence-electron chi connectivity index (χ1n) is 9.66. The summed E-state index contributed by atoms with van der Waals surface area (Å²) in [6, 6.07) is 20.1. The van der Waals surface area contributed by atoms with E-state index >= 15 is 0 Å². The smallest absolute Gasteiger partial charge is 0.262 e. The summed E-state index contributed by atoms with van der Waals surface area (Å²) >= 11 is 0. The standard InChI is InChI=1S/C23H19FN4O3S/c24-21-7-1-2-8-22(21)27-32(30,31)20-6-3-5-18(15-20)23(29)26-19-11-9-17(10-12-19)16-28-14-4-13-25-28/h1-15,27H,16H2,(H,26,29). The van der Waals surface area contributed by atoms with E-state index in [1.807, 2.05) is 24.4 Å². The van der Waals surface area contributed by atoms with Crippen LogP contribution in [0.5, 0.6) is 0 Å². The Morgan fingerprint density at radius 3 is 2.47 bits per heavy atom. The molecule has 4 aromatic rings. The third-order valence-corrected chi connectivity index (χ3v) is 6.00. The maximum Gasteiger partial charge on any atom is 0.262 e. The number of carbonyl (C=O) groups is 1. The summed E-state index contributed by atoms with van der Waals surface area (Å²) in [6.45, 7) is 0.607. The zero-order valence-electron chi connectivity index (χ0n) is 16.8. The molecule has 0 atom stereocenters. The molecule has 1 amide bonds.